The van der Waals surface area contributed by atoms with Crippen molar-refractivity contribution in [1.82, 2.24) is 5.32 Å². The van der Waals surface area contributed by atoms with Crippen LogP contribution in [0.4, 0.5) is 11.4 Å². The molecule has 0 aliphatic carbocycles. The summed E-state index contributed by atoms with van der Waals surface area (Å²) in [6.07, 6.45) is 0.918. The number of hydrogen-bond acceptors (Lipinski definition) is 5. The molecule has 0 saturated carbocycles. The third-order valence-corrected chi connectivity index (χ3v) is 2.71. The van der Waals surface area contributed by atoms with Gasteiger partial charge in [0, 0.05) is 13.6 Å². The van der Waals surface area contributed by atoms with Gasteiger partial charge in [-0.2, -0.15) is 0 Å². The summed E-state index contributed by atoms with van der Waals surface area (Å²) >= 11 is 0. The number of nitrogens with one attached hydrogen (secondary N) is 1. The number of hydrogen-bond donors (Lipinski definition) is 1. The predicted octanol–water partition coefficient (Wildman–Crippen LogP) is 1.65. The van der Waals surface area contributed by atoms with E-state index in [-0.39, 0.29) is 11.4 Å². The average Bonchev–Trinajstić information content (AvgIpc) is 2.37. The second-order valence-electron chi connectivity index (χ2n) is 3.96. The van der Waals surface area contributed by atoms with Gasteiger partial charge in [0.15, 0.2) is 5.75 Å². The minimum Gasteiger partial charge on any atom is -0.490 e. The standard InChI is InChI=1S/C12H19N3O3/c1-13-8-5-9-14(2)10-6-4-7-11(18-3)12(10)15(16)17/h4,6-7,13H,5,8-9H2,1-3H3. The first-order chi connectivity index (χ1) is 8.61. The lowest BCUT2D eigenvalue weighted by atomic mass is 10.2. The lowest BCUT2D eigenvalue weighted by Crippen LogP contribution is -2.23. The molecule has 0 saturated heterocycles. The number of anilines is 1. The SMILES string of the molecule is CNCCCN(C)c1cccc(OC)c1[N+](=O)[O-]. The Kier molecular flexibility index (Phi) is 5.38. The van der Waals surface area contributed by atoms with E-state index in [2.05, 4.69) is 5.32 Å². The smallest absolute Gasteiger partial charge is 0.333 e. The fraction of sp³-hybridized carbons (Fsp3) is 0.500. The van der Waals surface area contributed by atoms with Crippen LogP contribution in [-0.4, -0.2) is 39.2 Å². The summed E-state index contributed by atoms with van der Waals surface area (Å²) in [7, 11) is 5.17. The number of benzene rings is 1. The number of para-hydroxylation sites is 1. The monoisotopic (exact) mass is 253 g/mol. The second kappa shape index (κ2) is 6.80. The first kappa shape index (κ1) is 14.2. The van der Waals surface area contributed by atoms with Gasteiger partial charge in [-0.3, -0.25) is 10.1 Å². The van der Waals surface area contributed by atoms with Gasteiger partial charge in [-0.25, -0.2) is 0 Å². The fourth-order valence-corrected chi connectivity index (χ4v) is 1.78. The van der Waals surface area contributed by atoms with Crippen LogP contribution in [0.15, 0.2) is 18.2 Å². The molecule has 0 radical (unpaired) electrons. The third kappa shape index (κ3) is 3.33. The van der Waals surface area contributed by atoms with Crippen LogP contribution in [0.25, 0.3) is 0 Å². The second-order valence-corrected chi connectivity index (χ2v) is 3.96. The molecule has 0 unspecified atom stereocenters. The molecule has 6 nitrogen and oxygen atoms in total. The van der Waals surface area contributed by atoms with Crippen molar-refractivity contribution in [2.45, 2.75) is 6.42 Å². The van der Waals surface area contributed by atoms with E-state index in [0.29, 0.717) is 5.69 Å². The lowest BCUT2D eigenvalue weighted by molar-refractivity contribution is -0.385. The van der Waals surface area contributed by atoms with E-state index in [1.165, 1.54) is 7.11 Å². The van der Waals surface area contributed by atoms with E-state index < -0.39 is 4.92 Å². The van der Waals surface area contributed by atoms with Crippen LogP contribution in [0.1, 0.15) is 6.42 Å². The first-order valence-corrected chi connectivity index (χ1v) is 5.79. The molecule has 0 aliphatic rings. The Morgan fingerprint density at radius 2 is 2.22 bits per heavy atom. The van der Waals surface area contributed by atoms with Crippen molar-refractivity contribution in [3.05, 3.63) is 28.3 Å². The van der Waals surface area contributed by atoms with Gasteiger partial charge in [-0.15, -0.1) is 0 Å². The third-order valence-electron chi connectivity index (χ3n) is 2.71. The lowest BCUT2D eigenvalue weighted by Gasteiger charge is -2.19. The van der Waals surface area contributed by atoms with Crippen LogP contribution in [0.2, 0.25) is 0 Å². The summed E-state index contributed by atoms with van der Waals surface area (Å²) in [4.78, 5) is 12.6. The van der Waals surface area contributed by atoms with Gasteiger partial charge in [0.05, 0.1) is 12.0 Å². The highest BCUT2D eigenvalue weighted by Crippen LogP contribution is 2.36. The Labute approximate surface area is 107 Å². The molecule has 0 aliphatic heterocycles. The number of methoxy groups -OCH3 is 1. The quantitative estimate of drug-likeness (QED) is 0.454. The molecule has 18 heavy (non-hydrogen) atoms. The molecule has 1 rings (SSSR count). The van der Waals surface area contributed by atoms with Crippen LogP contribution in [0.3, 0.4) is 0 Å². The van der Waals surface area contributed by atoms with Gasteiger partial charge in [0.25, 0.3) is 0 Å². The van der Waals surface area contributed by atoms with E-state index in [1.807, 2.05) is 19.0 Å². The molecule has 0 aromatic heterocycles. The zero-order chi connectivity index (χ0) is 13.5. The van der Waals surface area contributed by atoms with Gasteiger partial charge in [0.2, 0.25) is 0 Å². The summed E-state index contributed by atoms with van der Waals surface area (Å²) in [5, 5.41) is 14.2. The molecule has 1 N–H and O–H groups in total. The average molecular weight is 253 g/mol. The normalized spacial score (nSPS) is 10.2. The Hall–Kier alpha value is -1.82. The highest BCUT2D eigenvalue weighted by Gasteiger charge is 2.22. The van der Waals surface area contributed by atoms with Crippen molar-refractivity contribution in [1.29, 1.82) is 0 Å². The maximum Gasteiger partial charge on any atom is 0.333 e. The van der Waals surface area contributed by atoms with E-state index in [1.54, 1.807) is 18.2 Å². The zero-order valence-electron chi connectivity index (χ0n) is 11.0. The van der Waals surface area contributed by atoms with Gasteiger partial charge in [-0.1, -0.05) is 6.07 Å². The molecule has 0 amide bonds. The Balaban J connectivity index is 2.96. The van der Waals surface area contributed by atoms with Gasteiger partial charge < -0.3 is 15.0 Å². The minimum absolute atomic E-state index is 0.0203. The maximum absolute atomic E-state index is 11.1. The van der Waals surface area contributed by atoms with Crippen molar-refractivity contribution >= 4 is 11.4 Å². The van der Waals surface area contributed by atoms with Crippen LogP contribution >= 0.6 is 0 Å². The largest absolute Gasteiger partial charge is 0.490 e. The van der Waals surface area contributed by atoms with Crippen molar-refractivity contribution in [2.24, 2.45) is 0 Å². The molecular formula is C12H19N3O3. The van der Waals surface area contributed by atoms with Crippen LogP contribution in [-0.2, 0) is 0 Å². The molecule has 1 aromatic rings. The Morgan fingerprint density at radius 3 is 2.78 bits per heavy atom. The molecule has 0 heterocycles. The van der Waals surface area contributed by atoms with E-state index in [9.17, 15) is 10.1 Å². The summed E-state index contributed by atoms with van der Waals surface area (Å²) in [6.45, 7) is 1.62. The molecule has 0 atom stereocenters. The van der Waals surface area contributed by atoms with Crippen LogP contribution in [0.5, 0.6) is 5.75 Å². The van der Waals surface area contributed by atoms with Gasteiger partial charge in [-0.05, 0) is 32.1 Å². The topological polar surface area (TPSA) is 67.6 Å². The number of nitro benzene ring substituents is 1. The maximum atomic E-state index is 11.1. The summed E-state index contributed by atoms with van der Waals surface area (Å²) in [6, 6.07) is 5.10. The number of ether oxygens (including phenoxy) is 1. The molecule has 0 fully saturated rings. The summed E-state index contributed by atoms with van der Waals surface area (Å²) in [5.41, 5.74) is 0.599. The molecule has 0 spiro atoms. The number of nitro groups is 1. The Bertz CT molecular complexity index is 410. The Morgan fingerprint density at radius 1 is 1.50 bits per heavy atom. The summed E-state index contributed by atoms with van der Waals surface area (Å²) in [5.74, 6) is 0.290. The molecule has 6 heteroatoms. The minimum atomic E-state index is -0.400. The highest BCUT2D eigenvalue weighted by molar-refractivity contribution is 5.69. The first-order valence-electron chi connectivity index (χ1n) is 5.79. The zero-order valence-corrected chi connectivity index (χ0v) is 11.0. The van der Waals surface area contributed by atoms with Crippen molar-refractivity contribution in [2.75, 3.05) is 39.2 Å². The number of nitrogens with zero attached hydrogens (tertiary/aromatic N) is 2. The van der Waals surface area contributed by atoms with Crippen molar-refractivity contribution in [3.8, 4) is 5.75 Å². The highest BCUT2D eigenvalue weighted by atomic mass is 16.6. The van der Waals surface area contributed by atoms with Crippen LogP contribution < -0.4 is 15.0 Å². The van der Waals surface area contributed by atoms with E-state index in [0.717, 1.165) is 19.5 Å². The van der Waals surface area contributed by atoms with Gasteiger partial charge >= 0.3 is 5.69 Å². The molecule has 100 valence electrons. The van der Waals surface area contributed by atoms with E-state index >= 15 is 0 Å². The van der Waals surface area contributed by atoms with Gasteiger partial charge in [0.1, 0.15) is 5.69 Å². The molecular weight excluding hydrogens is 234 g/mol. The summed E-state index contributed by atoms with van der Waals surface area (Å²) < 4.78 is 5.04. The molecule has 1 aromatic carbocycles. The van der Waals surface area contributed by atoms with Crippen molar-refractivity contribution in [3.63, 3.8) is 0 Å². The fourth-order valence-electron chi connectivity index (χ4n) is 1.78. The van der Waals surface area contributed by atoms with Crippen LogP contribution in [0, 0.1) is 10.1 Å². The predicted molar refractivity (Wildman–Crippen MR) is 71.5 cm³/mol. The van der Waals surface area contributed by atoms with Crippen molar-refractivity contribution < 1.29 is 9.66 Å². The number of rotatable bonds is 7. The molecule has 0 bridgehead atoms. The van der Waals surface area contributed by atoms with E-state index in [4.69, 9.17) is 4.74 Å².